The van der Waals surface area contributed by atoms with Gasteiger partial charge in [0.05, 0.1) is 5.02 Å². The first-order valence-corrected chi connectivity index (χ1v) is 5.33. The first kappa shape index (κ1) is 11.3. The van der Waals surface area contributed by atoms with Crippen molar-refractivity contribution in [3.05, 3.63) is 23.4 Å². The van der Waals surface area contributed by atoms with E-state index >= 15 is 0 Å². The number of hydrogen-bond acceptors (Lipinski definition) is 2. The monoisotopic (exact) mass is 212 g/mol. The maximum absolute atomic E-state index is 5.73. The normalized spacial score (nSPS) is 12.9. The van der Waals surface area contributed by atoms with Gasteiger partial charge in [0, 0.05) is 12.7 Å². The number of pyridine rings is 1. The van der Waals surface area contributed by atoms with E-state index < -0.39 is 0 Å². The second kappa shape index (κ2) is 5.20. The van der Waals surface area contributed by atoms with Gasteiger partial charge in [-0.1, -0.05) is 32.4 Å². The third-order valence-electron chi connectivity index (χ3n) is 2.47. The van der Waals surface area contributed by atoms with Crippen molar-refractivity contribution < 1.29 is 0 Å². The fourth-order valence-electron chi connectivity index (χ4n) is 0.982. The van der Waals surface area contributed by atoms with Crippen LogP contribution in [0.25, 0.3) is 0 Å². The fourth-order valence-corrected chi connectivity index (χ4v) is 1.09. The minimum atomic E-state index is 0.646. The topological polar surface area (TPSA) is 24.9 Å². The van der Waals surface area contributed by atoms with Crippen molar-refractivity contribution >= 4 is 17.4 Å². The van der Waals surface area contributed by atoms with E-state index in [0.29, 0.717) is 16.9 Å². The van der Waals surface area contributed by atoms with Gasteiger partial charge in [-0.2, -0.15) is 0 Å². The number of halogens is 1. The van der Waals surface area contributed by atoms with Crippen molar-refractivity contribution in [3.8, 4) is 0 Å². The predicted molar refractivity (Wildman–Crippen MR) is 61.7 cm³/mol. The molecule has 0 aliphatic rings. The largest absolute Gasteiger partial charge is 0.370 e. The Labute approximate surface area is 90.7 Å². The van der Waals surface area contributed by atoms with E-state index in [1.807, 2.05) is 12.1 Å². The third kappa shape index (κ3) is 3.54. The Morgan fingerprint density at radius 2 is 2.07 bits per heavy atom. The van der Waals surface area contributed by atoms with Crippen LogP contribution in [0, 0.1) is 11.8 Å². The van der Waals surface area contributed by atoms with Crippen LogP contribution in [0.15, 0.2) is 18.3 Å². The van der Waals surface area contributed by atoms with Crippen molar-refractivity contribution in [2.75, 3.05) is 11.9 Å². The summed E-state index contributed by atoms with van der Waals surface area (Å²) in [6, 6.07) is 3.74. The van der Waals surface area contributed by atoms with Crippen molar-refractivity contribution in [1.29, 1.82) is 0 Å². The fraction of sp³-hybridized carbons (Fsp3) is 0.545. The van der Waals surface area contributed by atoms with Gasteiger partial charge in [0.15, 0.2) is 0 Å². The lowest BCUT2D eigenvalue weighted by atomic mass is 9.98. The Morgan fingerprint density at radius 1 is 1.36 bits per heavy atom. The summed E-state index contributed by atoms with van der Waals surface area (Å²) in [7, 11) is 0. The lowest BCUT2D eigenvalue weighted by Crippen LogP contribution is -2.16. The summed E-state index contributed by atoms with van der Waals surface area (Å²) in [5.41, 5.74) is 0. The summed E-state index contributed by atoms with van der Waals surface area (Å²) in [5.74, 6) is 2.23. The second-order valence-corrected chi connectivity index (χ2v) is 4.40. The Bertz CT molecular complexity index is 269. The molecule has 0 spiro atoms. The average Bonchev–Trinajstić information content (AvgIpc) is 2.16. The molecule has 0 bridgehead atoms. The smallest absolute Gasteiger partial charge is 0.125 e. The van der Waals surface area contributed by atoms with Crippen LogP contribution in [0.3, 0.4) is 0 Å². The van der Waals surface area contributed by atoms with Crippen LogP contribution < -0.4 is 5.32 Å². The van der Waals surface area contributed by atoms with Gasteiger partial charge in [0.2, 0.25) is 0 Å². The van der Waals surface area contributed by atoms with Gasteiger partial charge >= 0.3 is 0 Å². The van der Waals surface area contributed by atoms with Gasteiger partial charge in [-0.15, -0.1) is 0 Å². The number of nitrogens with one attached hydrogen (secondary N) is 1. The molecule has 3 heteroatoms. The van der Waals surface area contributed by atoms with Crippen molar-refractivity contribution in [2.24, 2.45) is 11.8 Å². The van der Waals surface area contributed by atoms with E-state index in [2.05, 4.69) is 31.1 Å². The molecule has 0 amide bonds. The maximum Gasteiger partial charge on any atom is 0.125 e. The second-order valence-electron chi connectivity index (χ2n) is 3.96. The van der Waals surface area contributed by atoms with Gasteiger partial charge in [0.1, 0.15) is 5.82 Å². The lowest BCUT2D eigenvalue weighted by molar-refractivity contribution is 0.439. The highest BCUT2D eigenvalue weighted by atomic mass is 35.5. The van der Waals surface area contributed by atoms with Gasteiger partial charge in [0.25, 0.3) is 0 Å². The van der Waals surface area contributed by atoms with Crippen molar-refractivity contribution in [2.45, 2.75) is 20.8 Å². The standard InChI is InChI=1S/C11H17ClN2/c1-8(2)9(3)6-13-11-5-4-10(12)7-14-11/h4-5,7-9H,6H2,1-3H3,(H,13,14). The van der Waals surface area contributed by atoms with E-state index in [-0.39, 0.29) is 0 Å². The highest BCUT2D eigenvalue weighted by Gasteiger charge is 2.06. The molecule has 0 saturated carbocycles. The highest BCUT2D eigenvalue weighted by Crippen LogP contribution is 2.12. The molecule has 2 nitrogen and oxygen atoms in total. The Hall–Kier alpha value is -0.760. The summed E-state index contributed by atoms with van der Waals surface area (Å²) in [6.07, 6.45) is 1.66. The summed E-state index contributed by atoms with van der Waals surface area (Å²) in [4.78, 5) is 4.17. The Balaban J connectivity index is 2.42. The molecule has 0 aliphatic carbocycles. The minimum Gasteiger partial charge on any atom is -0.370 e. The summed E-state index contributed by atoms with van der Waals surface area (Å²) >= 11 is 5.73. The van der Waals surface area contributed by atoms with Crippen LogP contribution in [0.4, 0.5) is 5.82 Å². The molecule has 0 radical (unpaired) electrons. The Kier molecular flexibility index (Phi) is 4.21. The molecule has 0 aromatic carbocycles. The van der Waals surface area contributed by atoms with Gasteiger partial charge < -0.3 is 5.32 Å². The predicted octanol–water partition coefficient (Wildman–Crippen LogP) is 3.44. The van der Waals surface area contributed by atoms with Crippen LogP contribution in [0.2, 0.25) is 5.02 Å². The number of nitrogens with zero attached hydrogens (tertiary/aromatic N) is 1. The van der Waals surface area contributed by atoms with Gasteiger partial charge in [-0.25, -0.2) is 4.98 Å². The highest BCUT2D eigenvalue weighted by molar-refractivity contribution is 6.30. The minimum absolute atomic E-state index is 0.646. The first-order chi connectivity index (χ1) is 6.59. The average molecular weight is 213 g/mol. The SMILES string of the molecule is CC(C)C(C)CNc1ccc(Cl)cn1. The molecule has 1 N–H and O–H groups in total. The Morgan fingerprint density at radius 3 is 2.57 bits per heavy atom. The summed E-state index contributed by atoms with van der Waals surface area (Å²) < 4.78 is 0. The third-order valence-corrected chi connectivity index (χ3v) is 2.69. The number of hydrogen-bond donors (Lipinski definition) is 1. The number of aromatic nitrogens is 1. The zero-order valence-electron chi connectivity index (χ0n) is 8.92. The summed E-state index contributed by atoms with van der Waals surface area (Å²) in [5, 5.41) is 3.96. The van der Waals surface area contributed by atoms with Crippen LogP contribution >= 0.6 is 11.6 Å². The molecule has 1 unspecified atom stereocenters. The van der Waals surface area contributed by atoms with E-state index in [1.165, 1.54) is 0 Å². The molecule has 1 aromatic rings. The lowest BCUT2D eigenvalue weighted by Gasteiger charge is -2.16. The first-order valence-electron chi connectivity index (χ1n) is 4.95. The molecule has 0 fully saturated rings. The summed E-state index contributed by atoms with van der Waals surface area (Å²) in [6.45, 7) is 7.63. The molecule has 0 aliphatic heterocycles. The zero-order valence-corrected chi connectivity index (χ0v) is 9.67. The molecular weight excluding hydrogens is 196 g/mol. The van der Waals surface area contributed by atoms with E-state index in [1.54, 1.807) is 6.20 Å². The molecule has 0 saturated heterocycles. The van der Waals surface area contributed by atoms with Crippen LogP contribution in [0.5, 0.6) is 0 Å². The van der Waals surface area contributed by atoms with Crippen molar-refractivity contribution in [3.63, 3.8) is 0 Å². The quantitative estimate of drug-likeness (QED) is 0.827. The van der Waals surface area contributed by atoms with E-state index in [9.17, 15) is 0 Å². The van der Waals surface area contributed by atoms with Gasteiger partial charge in [-0.05, 0) is 24.0 Å². The molecule has 1 heterocycles. The number of rotatable bonds is 4. The van der Waals surface area contributed by atoms with Crippen LogP contribution in [-0.2, 0) is 0 Å². The molecular formula is C11H17ClN2. The maximum atomic E-state index is 5.73. The molecule has 14 heavy (non-hydrogen) atoms. The molecule has 78 valence electrons. The zero-order chi connectivity index (χ0) is 10.6. The van der Waals surface area contributed by atoms with E-state index in [0.717, 1.165) is 12.4 Å². The molecule has 1 rings (SSSR count). The van der Waals surface area contributed by atoms with Gasteiger partial charge in [-0.3, -0.25) is 0 Å². The number of anilines is 1. The van der Waals surface area contributed by atoms with Crippen molar-refractivity contribution in [1.82, 2.24) is 4.98 Å². The van der Waals surface area contributed by atoms with Crippen LogP contribution in [0.1, 0.15) is 20.8 Å². The van der Waals surface area contributed by atoms with E-state index in [4.69, 9.17) is 11.6 Å². The molecule has 1 atom stereocenters. The van der Waals surface area contributed by atoms with Crippen LogP contribution in [-0.4, -0.2) is 11.5 Å². The molecule has 1 aromatic heterocycles.